The minimum Gasteiger partial charge on any atom is -0.380 e. The van der Waals surface area contributed by atoms with E-state index in [1.54, 1.807) is 23.1 Å². The van der Waals surface area contributed by atoms with E-state index >= 15 is 0 Å². The predicted octanol–water partition coefficient (Wildman–Crippen LogP) is 1.58. The first-order valence-corrected chi connectivity index (χ1v) is 8.03. The van der Waals surface area contributed by atoms with E-state index in [-0.39, 0.29) is 18.0 Å². The zero-order chi connectivity index (χ0) is 16.4. The number of rotatable bonds is 4. The first kappa shape index (κ1) is 15.7. The highest BCUT2D eigenvalue weighted by Crippen LogP contribution is 2.31. The van der Waals surface area contributed by atoms with Crippen LogP contribution in [0.2, 0.25) is 0 Å². The average molecular weight is 315 g/mol. The molecule has 1 saturated carbocycles. The molecule has 23 heavy (non-hydrogen) atoms. The van der Waals surface area contributed by atoms with Crippen LogP contribution in [0.25, 0.3) is 10.9 Å². The predicted molar refractivity (Wildman–Crippen MR) is 86.9 cm³/mol. The van der Waals surface area contributed by atoms with Gasteiger partial charge in [0.25, 0.3) is 11.5 Å². The van der Waals surface area contributed by atoms with E-state index in [1.807, 2.05) is 13.0 Å². The van der Waals surface area contributed by atoms with Gasteiger partial charge in [0.15, 0.2) is 0 Å². The van der Waals surface area contributed by atoms with E-state index < -0.39 is 5.60 Å². The van der Waals surface area contributed by atoms with Crippen LogP contribution in [0.4, 0.5) is 0 Å². The van der Waals surface area contributed by atoms with Gasteiger partial charge in [-0.1, -0.05) is 12.1 Å². The molecule has 6 heteroatoms. The summed E-state index contributed by atoms with van der Waals surface area (Å²) in [4.78, 5) is 33.4. The third-order valence-electron chi connectivity index (χ3n) is 4.50. The number of fused-ring (bicyclic) bond motifs is 1. The van der Waals surface area contributed by atoms with E-state index in [2.05, 4.69) is 9.97 Å². The topological polar surface area (TPSA) is 86.3 Å². The molecule has 1 aliphatic carbocycles. The minimum atomic E-state index is -1.26. The number of carbonyl (C=O) groups is 1. The van der Waals surface area contributed by atoms with E-state index in [1.165, 1.54) is 0 Å². The highest BCUT2D eigenvalue weighted by Gasteiger charge is 2.41. The fourth-order valence-electron chi connectivity index (χ4n) is 3.19. The Morgan fingerprint density at radius 1 is 1.35 bits per heavy atom. The van der Waals surface area contributed by atoms with Crippen molar-refractivity contribution in [1.82, 2.24) is 14.9 Å². The number of amides is 1. The molecule has 0 radical (unpaired) electrons. The number of nitrogens with one attached hydrogen (secondary N) is 1. The van der Waals surface area contributed by atoms with Crippen LogP contribution < -0.4 is 5.56 Å². The fraction of sp³-hybridized carbons (Fsp3) is 0.471. The Bertz CT molecular complexity index is 778. The summed E-state index contributed by atoms with van der Waals surface area (Å²) in [6, 6.07) is 7.10. The van der Waals surface area contributed by atoms with Crippen LogP contribution in [0.1, 0.15) is 38.4 Å². The number of nitrogens with zero attached hydrogens (tertiary/aromatic N) is 2. The molecule has 0 aliphatic heterocycles. The summed E-state index contributed by atoms with van der Waals surface area (Å²) in [7, 11) is 0. The van der Waals surface area contributed by atoms with Crippen LogP contribution in [0.3, 0.4) is 0 Å². The van der Waals surface area contributed by atoms with Crippen molar-refractivity contribution in [2.45, 2.75) is 44.8 Å². The van der Waals surface area contributed by atoms with Crippen molar-refractivity contribution in [3.63, 3.8) is 0 Å². The quantitative estimate of drug-likeness (QED) is 0.897. The molecule has 3 rings (SSSR count). The van der Waals surface area contributed by atoms with E-state index in [0.717, 1.165) is 12.8 Å². The van der Waals surface area contributed by atoms with Crippen LogP contribution in [0.5, 0.6) is 0 Å². The second-order valence-electron chi connectivity index (χ2n) is 6.09. The number of likely N-dealkylation sites (N-methyl/N-ethyl adjacent to an activating group) is 1. The lowest BCUT2D eigenvalue weighted by atomic mass is 10.0. The second-order valence-corrected chi connectivity index (χ2v) is 6.09. The van der Waals surface area contributed by atoms with Gasteiger partial charge in [0, 0.05) is 6.54 Å². The molecular formula is C17H21N3O3. The SMILES string of the molecule is CCN(Cc1nc2ccccc2c(=O)[nH]1)C(=O)C1(O)CCCC1. The Morgan fingerprint density at radius 2 is 2.04 bits per heavy atom. The minimum absolute atomic E-state index is 0.192. The number of aromatic nitrogens is 2. The molecule has 1 fully saturated rings. The van der Waals surface area contributed by atoms with Crippen LogP contribution in [0.15, 0.2) is 29.1 Å². The Kier molecular flexibility index (Phi) is 4.17. The Morgan fingerprint density at radius 3 is 2.74 bits per heavy atom. The fourth-order valence-corrected chi connectivity index (χ4v) is 3.19. The monoisotopic (exact) mass is 315 g/mol. The number of aromatic amines is 1. The van der Waals surface area contributed by atoms with Gasteiger partial charge in [0.05, 0.1) is 17.4 Å². The molecule has 2 N–H and O–H groups in total. The first-order valence-electron chi connectivity index (χ1n) is 8.03. The normalized spacial score (nSPS) is 16.6. The zero-order valence-corrected chi connectivity index (χ0v) is 13.2. The number of H-pyrrole nitrogens is 1. The lowest BCUT2D eigenvalue weighted by molar-refractivity contribution is -0.151. The van der Waals surface area contributed by atoms with Crippen molar-refractivity contribution in [2.75, 3.05) is 6.54 Å². The molecule has 0 saturated heterocycles. The average Bonchev–Trinajstić information content (AvgIpc) is 3.00. The van der Waals surface area contributed by atoms with Crippen molar-refractivity contribution in [3.8, 4) is 0 Å². The molecule has 1 heterocycles. The lowest BCUT2D eigenvalue weighted by Gasteiger charge is -2.29. The number of hydrogen-bond donors (Lipinski definition) is 2. The van der Waals surface area contributed by atoms with E-state index in [4.69, 9.17) is 0 Å². The van der Waals surface area contributed by atoms with Gasteiger partial charge in [0.2, 0.25) is 0 Å². The van der Waals surface area contributed by atoms with Crippen molar-refractivity contribution < 1.29 is 9.90 Å². The molecule has 1 aromatic carbocycles. The summed E-state index contributed by atoms with van der Waals surface area (Å²) < 4.78 is 0. The molecule has 0 bridgehead atoms. The van der Waals surface area contributed by atoms with Crippen LogP contribution >= 0.6 is 0 Å². The molecule has 1 aromatic heterocycles. The molecule has 2 aromatic rings. The van der Waals surface area contributed by atoms with E-state index in [0.29, 0.717) is 36.1 Å². The van der Waals surface area contributed by atoms with Gasteiger partial charge in [-0.25, -0.2) is 4.98 Å². The smallest absolute Gasteiger partial charge is 0.258 e. The third-order valence-corrected chi connectivity index (χ3v) is 4.50. The number of carbonyl (C=O) groups excluding carboxylic acids is 1. The van der Waals surface area contributed by atoms with Crippen LogP contribution in [-0.2, 0) is 11.3 Å². The molecule has 0 atom stereocenters. The molecule has 0 spiro atoms. The van der Waals surface area contributed by atoms with Gasteiger partial charge in [-0.15, -0.1) is 0 Å². The largest absolute Gasteiger partial charge is 0.380 e. The molecule has 6 nitrogen and oxygen atoms in total. The Balaban J connectivity index is 1.87. The van der Waals surface area contributed by atoms with Gasteiger partial charge in [-0.3, -0.25) is 9.59 Å². The highest BCUT2D eigenvalue weighted by atomic mass is 16.3. The van der Waals surface area contributed by atoms with Gasteiger partial charge in [0.1, 0.15) is 11.4 Å². The number of hydrogen-bond acceptors (Lipinski definition) is 4. The summed E-state index contributed by atoms with van der Waals surface area (Å²) in [6.07, 6.45) is 2.74. The van der Waals surface area contributed by atoms with Crippen LogP contribution in [-0.4, -0.2) is 38.0 Å². The maximum atomic E-state index is 12.6. The second kappa shape index (κ2) is 6.12. The highest BCUT2D eigenvalue weighted by molar-refractivity contribution is 5.85. The van der Waals surface area contributed by atoms with Crippen molar-refractivity contribution >= 4 is 16.8 Å². The maximum Gasteiger partial charge on any atom is 0.258 e. The Labute approximate surface area is 134 Å². The summed E-state index contributed by atoms with van der Waals surface area (Å²) >= 11 is 0. The summed E-state index contributed by atoms with van der Waals surface area (Å²) in [5, 5.41) is 11.0. The number of para-hydroxylation sites is 1. The summed E-state index contributed by atoms with van der Waals surface area (Å²) in [6.45, 7) is 2.50. The van der Waals surface area contributed by atoms with Gasteiger partial charge >= 0.3 is 0 Å². The molecule has 1 amide bonds. The van der Waals surface area contributed by atoms with E-state index in [9.17, 15) is 14.7 Å². The molecule has 1 aliphatic rings. The standard InChI is InChI=1S/C17H21N3O3/c1-2-20(16(22)17(23)9-5-6-10-17)11-14-18-13-8-4-3-7-12(13)15(21)19-14/h3-4,7-8,23H,2,5-6,9-11H2,1H3,(H,18,19,21). The molecule has 0 unspecified atom stereocenters. The lowest BCUT2D eigenvalue weighted by Crippen LogP contribution is -2.47. The van der Waals surface area contributed by atoms with Crippen molar-refractivity contribution in [1.29, 1.82) is 0 Å². The zero-order valence-electron chi connectivity index (χ0n) is 13.2. The first-order chi connectivity index (χ1) is 11.0. The molecule has 122 valence electrons. The van der Waals surface area contributed by atoms with Crippen molar-refractivity contribution in [2.24, 2.45) is 0 Å². The van der Waals surface area contributed by atoms with Gasteiger partial charge in [-0.2, -0.15) is 0 Å². The number of aliphatic hydroxyl groups is 1. The van der Waals surface area contributed by atoms with Gasteiger partial charge in [-0.05, 0) is 44.7 Å². The van der Waals surface area contributed by atoms with Crippen LogP contribution in [0, 0.1) is 0 Å². The molecular weight excluding hydrogens is 294 g/mol. The maximum absolute atomic E-state index is 12.6. The van der Waals surface area contributed by atoms with Crippen molar-refractivity contribution in [3.05, 3.63) is 40.4 Å². The Hall–Kier alpha value is -2.21. The number of benzene rings is 1. The third kappa shape index (κ3) is 2.99. The summed E-state index contributed by atoms with van der Waals surface area (Å²) in [5.74, 6) is 0.166. The summed E-state index contributed by atoms with van der Waals surface area (Å²) in [5.41, 5.74) is -0.865. The van der Waals surface area contributed by atoms with Gasteiger partial charge < -0.3 is 15.0 Å².